The molecule has 0 atom stereocenters. The normalized spacial score (nSPS) is 10.4. The molecule has 0 fully saturated rings. The summed E-state index contributed by atoms with van der Waals surface area (Å²) >= 11 is 3.39. The average Bonchev–Trinajstić information content (AvgIpc) is 2.11. The third-order valence-electron chi connectivity index (χ3n) is 1.41. The van der Waals surface area contributed by atoms with Crippen LogP contribution in [0.4, 0.5) is 5.82 Å². The first kappa shape index (κ1) is 11.5. The van der Waals surface area contributed by atoms with Crippen LogP contribution >= 0.6 is 23.5 Å². The highest BCUT2D eigenvalue weighted by molar-refractivity contribution is 8.02. The summed E-state index contributed by atoms with van der Waals surface area (Å²) in [6.45, 7) is 2.12. The lowest BCUT2D eigenvalue weighted by Crippen LogP contribution is -2.09. The van der Waals surface area contributed by atoms with Crippen molar-refractivity contribution in [3.05, 3.63) is 16.4 Å². The maximum absolute atomic E-state index is 11.0. The Kier molecular flexibility index (Phi) is 4.89. The van der Waals surface area contributed by atoms with Gasteiger partial charge in [0.1, 0.15) is 5.82 Å². The van der Waals surface area contributed by atoms with E-state index in [1.807, 2.05) is 11.8 Å². The second-order valence-electron chi connectivity index (χ2n) is 2.52. The smallest absolute Gasteiger partial charge is 0.253 e. The third kappa shape index (κ3) is 4.06. The van der Waals surface area contributed by atoms with Gasteiger partial charge in [-0.2, -0.15) is 11.8 Å². The molecule has 4 nitrogen and oxygen atoms in total. The number of aromatic nitrogens is 2. The number of aromatic amines is 1. The van der Waals surface area contributed by atoms with Gasteiger partial charge in [0.25, 0.3) is 5.56 Å². The van der Waals surface area contributed by atoms with Crippen molar-refractivity contribution >= 4 is 29.3 Å². The minimum atomic E-state index is -0.192. The Hall–Kier alpha value is -0.620. The summed E-state index contributed by atoms with van der Waals surface area (Å²) in [5.41, 5.74) is 5.25. The van der Waals surface area contributed by atoms with Gasteiger partial charge in [-0.05, 0) is 5.75 Å². The van der Waals surface area contributed by atoms with Crippen LogP contribution < -0.4 is 11.3 Å². The quantitative estimate of drug-likeness (QED) is 0.452. The van der Waals surface area contributed by atoms with E-state index in [9.17, 15) is 4.79 Å². The summed E-state index contributed by atoms with van der Waals surface area (Å²) in [5, 5.41) is 0.603. The Morgan fingerprint density at radius 1 is 1.57 bits per heavy atom. The molecule has 0 bridgehead atoms. The van der Waals surface area contributed by atoms with Crippen molar-refractivity contribution in [2.75, 3.05) is 23.0 Å². The van der Waals surface area contributed by atoms with E-state index in [1.165, 1.54) is 17.8 Å². The highest BCUT2D eigenvalue weighted by Gasteiger charge is 1.98. The van der Waals surface area contributed by atoms with E-state index in [-0.39, 0.29) is 11.4 Å². The van der Waals surface area contributed by atoms with Crippen molar-refractivity contribution in [3.63, 3.8) is 0 Å². The zero-order chi connectivity index (χ0) is 10.4. The number of thioether (sulfide) groups is 2. The second-order valence-corrected chi connectivity index (χ2v) is 5.00. The topological polar surface area (TPSA) is 71.8 Å². The van der Waals surface area contributed by atoms with Crippen LogP contribution in [0, 0.1) is 0 Å². The van der Waals surface area contributed by atoms with Crippen molar-refractivity contribution in [3.8, 4) is 0 Å². The van der Waals surface area contributed by atoms with Crippen LogP contribution in [0.3, 0.4) is 0 Å². The van der Waals surface area contributed by atoms with E-state index in [4.69, 9.17) is 5.73 Å². The van der Waals surface area contributed by atoms with Gasteiger partial charge in [0.15, 0.2) is 5.16 Å². The predicted molar refractivity (Wildman–Crippen MR) is 63.0 cm³/mol. The fourth-order valence-corrected chi connectivity index (χ4v) is 2.49. The Bertz CT molecular complexity index is 340. The minimum absolute atomic E-state index is 0.192. The maximum Gasteiger partial charge on any atom is 0.253 e. The number of anilines is 1. The summed E-state index contributed by atoms with van der Waals surface area (Å²) < 4.78 is 0. The summed E-state index contributed by atoms with van der Waals surface area (Å²) in [5.74, 6) is 3.38. The Morgan fingerprint density at radius 3 is 3.00 bits per heavy atom. The molecule has 0 spiro atoms. The van der Waals surface area contributed by atoms with Crippen LogP contribution in [0.1, 0.15) is 6.92 Å². The van der Waals surface area contributed by atoms with Crippen LogP contribution in [0.15, 0.2) is 16.0 Å². The molecule has 0 amide bonds. The van der Waals surface area contributed by atoms with Gasteiger partial charge < -0.3 is 10.7 Å². The molecule has 14 heavy (non-hydrogen) atoms. The lowest BCUT2D eigenvalue weighted by molar-refractivity contribution is 0.946. The van der Waals surface area contributed by atoms with E-state index >= 15 is 0 Å². The molecule has 0 aliphatic carbocycles. The zero-order valence-corrected chi connectivity index (χ0v) is 9.58. The number of hydrogen-bond donors (Lipinski definition) is 2. The summed E-state index contributed by atoms with van der Waals surface area (Å²) in [7, 11) is 0. The summed E-state index contributed by atoms with van der Waals surface area (Å²) in [6, 6.07) is 1.28. The lowest BCUT2D eigenvalue weighted by Gasteiger charge is -2.00. The average molecular weight is 231 g/mol. The fourth-order valence-electron chi connectivity index (χ4n) is 0.863. The summed E-state index contributed by atoms with van der Waals surface area (Å²) in [4.78, 5) is 17.6. The van der Waals surface area contributed by atoms with Crippen molar-refractivity contribution in [1.29, 1.82) is 0 Å². The zero-order valence-electron chi connectivity index (χ0n) is 7.95. The molecule has 0 aromatic carbocycles. The Morgan fingerprint density at radius 2 is 2.36 bits per heavy atom. The van der Waals surface area contributed by atoms with Crippen LogP contribution in [0.2, 0.25) is 0 Å². The molecule has 1 heterocycles. The minimum Gasteiger partial charge on any atom is -0.383 e. The molecule has 1 aromatic rings. The molecular formula is C8H13N3OS2. The maximum atomic E-state index is 11.0. The molecule has 0 saturated heterocycles. The number of nitrogens with one attached hydrogen (secondary N) is 1. The van der Waals surface area contributed by atoms with Gasteiger partial charge in [0, 0.05) is 17.6 Å². The second kappa shape index (κ2) is 5.98. The number of nitrogen functional groups attached to an aromatic ring is 1. The van der Waals surface area contributed by atoms with Gasteiger partial charge in [-0.3, -0.25) is 4.79 Å². The molecule has 6 heteroatoms. The van der Waals surface area contributed by atoms with Crippen LogP contribution in [0.25, 0.3) is 0 Å². The number of H-pyrrole nitrogens is 1. The van der Waals surface area contributed by atoms with E-state index < -0.39 is 0 Å². The van der Waals surface area contributed by atoms with Crippen LogP contribution in [-0.4, -0.2) is 27.2 Å². The highest BCUT2D eigenvalue weighted by Crippen LogP contribution is 2.13. The van der Waals surface area contributed by atoms with Crippen molar-refractivity contribution in [2.45, 2.75) is 12.1 Å². The SMILES string of the molecule is CCSCCSc1nc(N)cc(=O)[nH]1. The fraction of sp³-hybridized carbons (Fsp3) is 0.500. The first-order valence-corrected chi connectivity index (χ1v) is 6.43. The molecule has 1 rings (SSSR count). The monoisotopic (exact) mass is 231 g/mol. The van der Waals surface area contributed by atoms with E-state index in [0.29, 0.717) is 5.16 Å². The number of rotatable bonds is 5. The lowest BCUT2D eigenvalue weighted by atomic mass is 10.6. The molecular weight excluding hydrogens is 218 g/mol. The van der Waals surface area contributed by atoms with Crippen LogP contribution in [-0.2, 0) is 0 Å². The van der Waals surface area contributed by atoms with Crippen molar-refractivity contribution in [2.24, 2.45) is 0 Å². The highest BCUT2D eigenvalue weighted by atomic mass is 32.2. The summed E-state index contributed by atoms with van der Waals surface area (Å²) in [6.07, 6.45) is 0. The van der Waals surface area contributed by atoms with Gasteiger partial charge in [-0.25, -0.2) is 4.98 Å². The molecule has 0 aliphatic rings. The van der Waals surface area contributed by atoms with Gasteiger partial charge in [0.05, 0.1) is 0 Å². The molecule has 78 valence electrons. The number of nitrogens with two attached hydrogens (primary N) is 1. The standard InChI is InChI=1S/C8H13N3OS2/c1-2-13-3-4-14-8-10-6(9)5-7(12)11-8/h5H,2-4H2,1H3,(H3,9,10,11,12). The predicted octanol–water partition coefficient (Wildman–Crippen LogP) is 1.20. The van der Waals surface area contributed by atoms with E-state index in [0.717, 1.165) is 17.3 Å². The van der Waals surface area contributed by atoms with E-state index in [1.54, 1.807) is 0 Å². The number of nitrogens with zero attached hydrogens (tertiary/aromatic N) is 1. The first-order chi connectivity index (χ1) is 6.72. The Labute approximate surface area is 91.1 Å². The molecule has 1 aromatic heterocycles. The number of hydrogen-bond acceptors (Lipinski definition) is 5. The van der Waals surface area contributed by atoms with Crippen molar-refractivity contribution < 1.29 is 0 Å². The molecule has 0 aliphatic heterocycles. The van der Waals surface area contributed by atoms with E-state index in [2.05, 4.69) is 16.9 Å². The molecule has 0 radical (unpaired) electrons. The van der Waals surface area contributed by atoms with Gasteiger partial charge >= 0.3 is 0 Å². The van der Waals surface area contributed by atoms with Crippen LogP contribution in [0.5, 0.6) is 0 Å². The van der Waals surface area contributed by atoms with Gasteiger partial charge in [0.2, 0.25) is 0 Å². The van der Waals surface area contributed by atoms with Gasteiger partial charge in [-0.15, -0.1) is 0 Å². The first-order valence-electron chi connectivity index (χ1n) is 4.29. The Balaban J connectivity index is 2.46. The van der Waals surface area contributed by atoms with Gasteiger partial charge in [-0.1, -0.05) is 18.7 Å². The third-order valence-corrected chi connectivity index (χ3v) is 3.44. The molecule has 3 N–H and O–H groups in total. The molecule has 0 unspecified atom stereocenters. The molecule has 0 saturated carbocycles. The largest absolute Gasteiger partial charge is 0.383 e. The van der Waals surface area contributed by atoms with Crippen molar-refractivity contribution in [1.82, 2.24) is 9.97 Å².